The van der Waals surface area contributed by atoms with Gasteiger partial charge in [0.05, 0.1) is 51.0 Å². The van der Waals surface area contributed by atoms with Crippen LogP contribution in [0.5, 0.6) is 11.5 Å². The van der Waals surface area contributed by atoms with Gasteiger partial charge in [-0.3, -0.25) is 74.2 Å². The van der Waals surface area contributed by atoms with Crippen LogP contribution >= 0.6 is 0 Å². The van der Waals surface area contributed by atoms with E-state index in [9.17, 15) is 36.7 Å². The van der Waals surface area contributed by atoms with Crippen LogP contribution in [0, 0.1) is 23.3 Å². The summed E-state index contributed by atoms with van der Waals surface area (Å²) >= 11 is 0. The van der Waals surface area contributed by atoms with Crippen LogP contribution in [0.1, 0.15) is 97.2 Å². The first-order valence-corrected chi connectivity index (χ1v) is 41.0. The smallest absolute Gasteiger partial charge is 0.276 e. The predicted octanol–water partition coefficient (Wildman–Crippen LogP) is 19.6. The number of amides is 4. The molecule has 28 heteroatoms. The first-order chi connectivity index (χ1) is 61.2. The number of anilines is 4. The number of nitrogens with one attached hydrogen (secondary N) is 8. The maximum atomic E-state index is 13.9. The molecule has 17 aromatic rings. The number of hydrogen-bond donors (Lipinski definition) is 8. The molecule has 24 nitrogen and oxygen atoms in total. The number of aromatic nitrogens is 12. The SMILES string of the molecule is O=C(Nc1ccccc1F)c1n[nH]c2ccc(-c3cncc(CN4CCC4)c3)cc12.O=C(Nc1ccccc1F)c1n[nH]c2ccc(-c3cncc(CN4CCCC4)c3)cc12.O=C(Nc1ccccc1F)c1n[nH]c2ccc(-c3cncc(CN4CCCCC4)c3)cc12.O=C(Nc1ccccc1F)c1n[nH]c2ccc(-c3cncc(Oc4ccccc4)c3)cc12. The number of halogens is 4. The Bertz CT molecular complexity index is 6760. The van der Waals surface area contributed by atoms with Gasteiger partial charge in [0.1, 0.15) is 34.8 Å². The molecule has 4 amide bonds. The molecule has 0 unspecified atom stereocenters. The van der Waals surface area contributed by atoms with Gasteiger partial charge in [-0.25, -0.2) is 17.6 Å². The van der Waals surface area contributed by atoms with Crippen LogP contribution in [-0.4, -0.2) is 138 Å². The number of carbonyl (C=O) groups is 4. The van der Waals surface area contributed by atoms with E-state index in [4.69, 9.17) is 4.74 Å². The van der Waals surface area contributed by atoms with Gasteiger partial charge in [-0.05, 0) is 244 Å². The van der Waals surface area contributed by atoms with Crippen molar-refractivity contribution in [1.29, 1.82) is 0 Å². The normalized spacial score (nSPS) is 13.3. The lowest BCUT2D eigenvalue weighted by atomic mass is 10.0. The van der Waals surface area contributed by atoms with Crippen LogP contribution in [0.15, 0.2) is 274 Å². The molecule has 20 rings (SSSR count). The largest absolute Gasteiger partial charge is 0.456 e. The summed E-state index contributed by atoms with van der Waals surface area (Å²) in [5, 5.41) is 41.1. The summed E-state index contributed by atoms with van der Waals surface area (Å²) in [4.78, 5) is 75.8. The minimum atomic E-state index is -0.511. The van der Waals surface area contributed by atoms with Crippen molar-refractivity contribution >= 4 is 90.0 Å². The van der Waals surface area contributed by atoms with E-state index < -0.39 is 46.9 Å². The van der Waals surface area contributed by atoms with E-state index in [0.29, 0.717) is 38.6 Å². The number of piperidine rings is 1. The molecule has 0 bridgehead atoms. The number of carbonyl (C=O) groups excluding carboxylic acids is 4. The Hall–Kier alpha value is -15.3. The summed E-state index contributed by atoms with van der Waals surface area (Å²) in [6.07, 6.45) is 22.1. The van der Waals surface area contributed by atoms with Gasteiger partial charge in [0.15, 0.2) is 22.8 Å². The zero-order valence-electron chi connectivity index (χ0n) is 67.6. The van der Waals surface area contributed by atoms with E-state index >= 15 is 0 Å². The molecule has 9 aromatic carbocycles. The fourth-order valence-electron chi connectivity index (χ4n) is 15.3. The minimum absolute atomic E-state index is 0.0970. The van der Waals surface area contributed by atoms with Crippen molar-refractivity contribution in [1.82, 2.24) is 75.4 Å². The molecule has 8 N–H and O–H groups in total. The van der Waals surface area contributed by atoms with Crippen molar-refractivity contribution in [3.05, 3.63) is 337 Å². The molecule has 11 heterocycles. The van der Waals surface area contributed by atoms with Gasteiger partial charge >= 0.3 is 0 Å². The maximum Gasteiger partial charge on any atom is 0.276 e. The van der Waals surface area contributed by atoms with Gasteiger partial charge < -0.3 is 26.0 Å². The van der Waals surface area contributed by atoms with Gasteiger partial charge in [0.25, 0.3) is 23.6 Å². The van der Waals surface area contributed by atoms with Gasteiger partial charge in [-0.15, -0.1) is 0 Å². The summed E-state index contributed by atoms with van der Waals surface area (Å²) in [5.74, 6) is -2.56. The molecular weight excluding hydrogens is 1590 g/mol. The van der Waals surface area contributed by atoms with Crippen molar-refractivity contribution in [2.45, 2.75) is 58.2 Å². The number of hydrogen-bond acceptors (Lipinski definition) is 16. The predicted molar refractivity (Wildman–Crippen MR) is 475 cm³/mol. The van der Waals surface area contributed by atoms with Gasteiger partial charge in [-0.2, -0.15) is 20.4 Å². The molecular formula is C97H83F4N19O5. The van der Waals surface area contributed by atoms with Crippen LogP contribution in [0.2, 0.25) is 0 Å². The number of para-hydroxylation sites is 5. The molecule has 125 heavy (non-hydrogen) atoms. The molecule has 3 aliphatic rings. The highest BCUT2D eigenvalue weighted by atomic mass is 19.1. The lowest BCUT2D eigenvalue weighted by Gasteiger charge is -2.30. The molecule has 624 valence electrons. The third-order valence-corrected chi connectivity index (χ3v) is 21.8. The lowest BCUT2D eigenvalue weighted by molar-refractivity contribution is 0.101. The van der Waals surface area contributed by atoms with Crippen molar-refractivity contribution < 1.29 is 41.5 Å². The van der Waals surface area contributed by atoms with Crippen molar-refractivity contribution in [2.75, 3.05) is 60.5 Å². The minimum Gasteiger partial charge on any atom is -0.456 e. The average molecular weight is 1670 g/mol. The standard InChI is InChI=1S/C25H24FN5O.C25H17FN4O2.C24H22FN5O.C23H20FN5O/c26-21-6-2-3-7-23(21)28-25(32)24-20-13-18(8-9-22(20)29-30-24)19-12-17(14-27-15-19)16-31-10-4-1-5-11-31;26-21-8-4-5-9-23(21)28-25(31)24-20-13-16(10-11-22(20)29-30-24)17-12-19(15-27-14-17)32-18-6-2-1-3-7-18;25-20-5-1-2-6-22(20)27-24(31)23-19-12-17(7-8-21(19)28-29-23)18-11-16(13-26-14-18)15-30-9-3-4-10-30;24-19-4-1-2-5-21(19)26-23(30)22-18-11-16(6-7-20(18)27-28-22)17-10-15(12-25-13-17)14-29-8-3-9-29/h2-3,6-9,12-15H,1,4-5,10-11,16H2,(H,28,32)(H,29,30);1-15H,(H,28,31)(H,29,30);1-2,5-8,11-14H,3-4,9-10,15H2,(H,27,31)(H,28,29);1-2,4-7,10-13H,3,8-9,14H2,(H,26,30)(H,27,28). The molecule has 0 aliphatic carbocycles. The Kier molecular flexibility index (Phi) is 25.1. The number of benzene rings is 9. The van der Waals surface area contributed by atoms with Crippen molar-refractivity contribution in [2.24, 2.45) is 0 Å². The molecule has 8 aromatic heterocycles. The second-order valence-electron chi connectivity index (χ2n) is 30.6. The first kappa shape index (κ1) is 82.1. The average Bonchev–Trinajstić information content (AvgIpc) is 1.61. The fraction of sp³-hybridized carbons (Fsp3) is 0.155. The molecule has 3 fully saturated rings. The van der Waals surface area contributed by atoms with Gasteiger partial charge in [-0.1, -0.05) is 97.4 Å². The molecule has 3 saturated heterocycles. The van der Waals surface area contributed by atoms with E-state index in [1.807, 2.05) is 146 Å². The van der Waals surface area contributed by atoms with E-state index in [1.54, 1.807) is 60.9 Å². The third-order valence-electron chi connectivity index (χ3n) is 21.8. The number of nitrogens with zero attached hydrogens (tertiary/aromatic N) is 11. The number of pyridine rings is 4. The second kappa shape index (κ2) is 38.2. The molecule has 0 atom stereocenters. The Balaban J connectivity index is 0.000000118. The number of fused-ring (bicyclic) bond motifs is 4. The van der Waals surface area contributed by atoms with Crippen LogP contribution in [0.3, 0.4) is 0 Å². The van der Waals surface area contributed by atoms with Crippen LogP contribution in [-0.2, 0) is 19.6 Å². The van der Waals surface area contributed by atoms with E-state index in [0.717, 1.165) is 126 Å². The van der Waals surface area contributed by atoms with Gasteiger partial charge in [0, 0.05) is 107 Å². The number of rotatable bonds is 20. The molecule has 0 saturated carbocycles. The summed E-state index contributed by atoms with van der Waals surface area (Å²) < 4.78 is 61.6. The Morgan fingerprint density at radius 1 is 0.288 bits per heavy atom. The topological polar surface area (TPSA) is 302 Å². The number of aromatic amines is 4. The van der Waals surface area contributed by atoms with E-state index in [2.05, 4.69) is 115 Å². The van der Waals surface area contributed by atoms with Crippen LogP contribution in [0.4, 0.5) is 40.3 Å². The lowest BCUT2D eigenvalue weighted by Crippen LogP contribution is -2.36. The fourth-order valence-corrected chi connectivity index (χ4v) is 15.3. The number of H-pyrrole nitrogens is 4. The number of ether oxygens (including phenoxy) is 1. The van der Waals surface area contributed by atoms with Crippen LogP contribution in [0.25, 0.3) is 88.1 Å². The van der Waals surface area contributed by atoms with E-state index in [-0.39, 0.29) is 45.5 Å². The van der Waals surface area contributed by atoms with Crippen molar-refractivity contribution in [3.8, 4) is 56.0 Å². The molecule has 0 radical (unpaired) electrons. The Morgan fingerprint density at radius 3 is 0.872 bits per heavy atom. The summed E-state index contributed by atoms with van der Waals surface area (Å²) in [6, 6.07) is 64.9. The highest BCUT2D eigenvalue weighted by Gasteiger charge is 2.24. The molecule has 3 aliphatic heterocycles. The second-order valence-corrected chi connectivity index (χ2v) is 30.6. The highest BCUT2D eigenvalue weighted by molar-refractivity contribution is 6.14. The Labute approximate surface area is 714 Å². The highest BCUT2D eigenvalue weighted by Crippen LogP contribution is 2.35. The van der Waals surface area contributed by atoms with E-state index in [1.165, 1.54) is 98.2 Å². The summed E-state index contributed by atoms with van der Waals surface area (Å²) in [7, 11) is 0. The summed E-state index contributed by atoms with van der Waals surface area (Å²) in [5.41, 5.74) is 15.2. The summed E-state index contributed by atoms with van der Waals surface area (Å²) in [6.45, 7) is 9.47. The molecule has 0 spiro atoms. The Morgan fingerprint density at radius 2 is 0.568 bits per heavy atom. The van der Waals surface area contributed by atoms with Crippen LogP contribution < -0.4 is 26.0 Å². The van der Waals surface area contributed by atoms with Gasteiger partial charge in [0.2, 0.25) is 0 Å². The monoisotopic (exact) mass is 1670 g/mol. The zero-order valence-corrected chi connectivity index (χ0v) is 67.6. The maximum absolute atomic E-state index is 13.9. The number of likely N-dealkylation sites (tertiary alicyclic amines) is 3. The quantitative estimate of drug-likeness (QED) is 0.0329. The van der Waals surface area contributed by atoms with Crippen molar-refractivity contribution in [3.63, 3.8) is 0 Å². The third kappa shape index (κ3) is 19.9. The zero-order chi connectivity index (χ0) is 85.5. The first-order valence-electron chi connectivity index (χ1n) is 41.0.